The molecule has 3 rings (SSSR count). The Bertz CT molecular complexity index is 1490. The van der Waals surface area contributed by atoms with E-state index in [1.165, 1.54) is 5.56 Å². The number of hydrogen-bond donors (Lipinski definition) is 0. The molecule has 0 amide bonds. The number of rotatable bonds is 7. The van der Waals surface area contributed by atoms with Gasteiger partial charge >= 0.3 is 25.8 Å². The van der Waals surface area contributed by atoms with Crippen molar-refractivity contribution in [2.75, 3.05) is 18.0 Å². The molecule has 0 atom stereocenters. The van der Waals surface area contributed by atoms with Crippen LogP contribution in [0.2, 0.25) is 0 Å². The Morgan fingerprint density at radius 3 is 1.45 bits per heavy atom. The zero-order valence-electron chi connectivity index (χ0n) is 34.6. The number of nitrogens with zero attached hydrogens (tertiary/aromatic N) is 2. The molecule has 6 nitrogen and oxygen atoms in total. The van der Waals surface area contributed by atoms with Crippen molar-refractivity contribution < 1.29 is 46.3 Å². The molecule has 0 saturated carbocycles. The first-order valence-electron chi connectivity index (χ1n) is 18.0. The van der Waals surface area contributed by atoms with Crippen LogP contribution in [0.1, 0.15) is 144 Å². The molecule has 0 unspecified atom stereocenters. The van der Waals surface area contributed by atoms with E-state index in [9.17, 15) is 20.4 Å². The summed E-state index contributed by atoms with van der Waals surface area (Å²) in [4.78, 5) is 6.97. The maximum absolute atomic E-state index is 13.7. The predicted molar refractivity (Wildman–Crippen MR) is 207 cm³/mol. The summed E-state index contributed by atoms with van der Waals surface area (Å²) in [6.07, 6.45) is 0.910. The second-order valence-electron chi connectivity index (χ2n) is 17.8. The minimum absolute atomic E-state index is 0. The second-order valence-corrected chi connectivity index (χ2v) is 17.8. The van der Waals surface area contributed by atoms with Crippen molar-refractivity contribution in [2.24, 2.45) is 4.99 Å². The van der Waals surface area contributed by atoms with Crippen LogP contribution in [0.3, 0.4) is 0 Å². The molecule has 0 N–H and O–H groups in total. The summed E-state index contributed by atoms with van der Waals surface area (Å²) < 4.78 is 0. The molecule has 0 radical (unpaired) electrons. The van der Waals surface area contributed by atoms with Gasteiger partial charge in [0.25, 0.3) is 0 Å². The third-order valence-corrected chi connectivity index (χ3v) is 7.84. The van der Waals surface area contributed by atoms with E-state index in [0.717, 1.165) is 27.9 Å². The van der Waals surface area contributed by atoms with Gasteiger partial charge in [-0.05, 0) is 67.2 Å². The molecule has 0 saturated heterocycles. The fourth-order valence-corrected chi connectivity index (χ4v) is 5.02. The third-order valence-electron chi connectivity index (χ3n) is 7.84. The normalized spacial score (nSPS) is 12.2. The number of benzene rings is 3. The van der Waals surface area contributed by atoms with Gasteiger partial charge in [0, 0.05) is 25.0 Å². The number of anilines is 1. The molecule has 3 aromatic rings. The average molecular weight is 866 g/mol. The van der Waals surface area contributed by atoms with E-state index in [4.69, 9.17) is 4.99 Å². The number of aliphatic imine (C=N–C) groups is 1. The summed E-state index contributed by atoms with van der Waals surface area (Å²) >= 11 is 0. The molecule has 0 aromatic heterocycles. The molecule has 280 valence electrons. The van der Waals surface area contributed by atoms with Crippen molar-refractivity contribution in [3.63, 3.8) is 0 Å². The van der Waals surface area contributed by atoms with Crippen LogP contribution in [0.25, 0.3) is 0 Å². The maximum Gasteiger partial charge on any atom is 4.00 e. The Morgan fingerprint density at radius 2 is 1.04 bits per heavy atom. The van der Waals surface area contributed by atoms with Crippen LogP contribution in [-0.4, -0.2) is 31.5 Å². The van der Waals surface area contributed by atoms with Crippen LogP contribution >= 0.6 is 0 Å². The van der Waals surface area contributed by atoms with Gasteiger partial charge in [0.2, 0.25) is 0 Å². The standard InChI is InChI=1S/C38H54N2O2.2C3H7O.Hf/c1-35(2,3)28-20-26(33(41)31(22-28)37(7,8)9)24-39-18-19-40(30-16-14-13-15-17-30)25-27-21-29(36(4,5)6)23-32(34(27)42)38(10,11)12;2*1-3(2)4;/h13-17,20-24,41-42H,18-19,25H2,1-12H3;2*3H,1-2H3;/q;2*-1;+4/p-2. The van der Waals surface area contributed by atoms with E-state index in [-0.39, 0.29) is 59.0 Å². The van der Waals surface area contributed by atoms with Crippen LogP contribution < -0.4 is 25.3 Å². The van der Waals surface area contributed by atoms with E-state index in [1.807, 2.05) is 24.3 Å². The Hall–Kier alpha value is -2.48. The molecule has 3 aromatic carbocycles. The van der Waals surface area contributed by atoms with Crippen molar-refractivity contribution in [3.05, 3.63) is 88.0 Å². The first-order valence-corrected chi connectivity index (χ1v) is 18.0. The minimum atomic E-state index is -0.417. The third kappa shape index (κ3) is 16.8. The molecule has 0 spiro atoms. The molecule has 0 heterocycles. The van der Waals surface area contributed by atoms with E-state index >= 15 is 0 Å². The molecular formula is C44H66HfN2O4. The van der Waals surface area contributed by atoms with Gasteiger partial charge in [-0.3, -0.25) is 4.99 Å². The number of hydrogen-bond acceptors (Lipinski definition) is 6. The van der Waals surface area contributed by atoms with Crippen LogP contribution in [-0.2, 0) is 54.0 Å². The molecule has 0 bridgehead atoms. The average Bonchev–Trinajstić information content (AvgIpc) is 2.93. The summed E-state index contributed by atoms with van der Waals surface area (Å²) in [7, 11) is 0. The van der Waals surface area contributed by atoms with Gasteiger partial charge in [-0.1, -0.05) is 159 Å². The summed E-state index contributed by atoms with van der Waals surface area (Å²) in [6, 6.07) is 18.4. The fourth-order valence-electron chi connectivity index (χ4n) is 5.02. The van der Waals surface area contributed by atoms with Crippen molar-refractivity contribution in [2.45, 2.75) is 151 Å². The topological polar surface area (TPSA) is 108 Å². The zero-order chi connectivity index (χ0) is 38.8. The van der Waals surface area contributed by atoms with Gasteiger partial charge in [-0.15, -0.1) is 18.0 Å². The van der Waals surface area contributed by atoms with Crippen molar-refractivity contribution >= 4 is 11.9 Å². The molecule has 51 heavy (non-hydrogen) atoms. The Kier molecular flexibility index (Phi) is 19.1. The first kappa shape index (κ1) is 48.5. The molecule has 0 aliphatic rings. The van der Waals surface area contributed by atoms with Crippen LogP contribution in [0.15, 0.2) is 59.6 Å². The first-order chi connectivity index (χ1) is 22.7. The van der Waals surface area contributed by atoms with Gasteiger partial charge in [0.1, 0.15) is 0 Å². The SMILES string of the molecule is CC(C)(C)c1cc(C=NCCN(Cc2cc(C(C)(C)C)cc(C(C)(C)C)c2[O-])c2ccccc2)c([O-])c(C(C)(C)C)c1.CC(C)[O-].CC(C)[O-].[Hf+4]. The molecule has 0 aliphatic carbocycles. The molecule has 0 fully saturated rings. The Labute approximate surface area is 330 Å². The quantitative estimate of drug-likeness (QED) is 0.179. The van der Waals surface area contributed by atoms with Gasteiger partial charge in [-0.2, -0.15) is 0 Å². The zero-order valence-corrected chi connectivity index (χ0v) is 38.2. The Morgan fingerprint density at radius 1 is 0.627 bits per heavy atom. The smallest absolute Gasteiger partial charge is 0.872 e. The van der Waals surface area contributed by atoms with E-state index < -0.39 is 12.2 Å². The molecule has 0 aliphatic heterocycles. The Balaban J connectivity index is 0.00000251. The van der Waals surface area contributed by atoms with E-state index in [1.54, 1.807) is 33.9 Å². The molecule has 7 heteroatoms. The summed E-state index contributed by atoms with van der Waals surface area (Å²) in [6.45, 7) is 33.7. The summed E-state index contributed by atoms with van der Waals surface area (Å²) in [5.41, 5.74) is 5.79. The van der Waals surface area contributed by atoms with Gasteiger partial charge < -0.3 is 25.3 Å². The van der Waals surface area contributed by atoms with Crippen molar-refractivity contribution in [1.29, 1.82) is 0 Å². The largest absolute Gasteiger partial charge is 4.00 e. The van der Waals surface area contributed by atoms with E-state index in [2.05, 4.69) is 118 Å². The van der Waals surface area contributed by atoms with Gasteiger partial charge in [0.15, 0.2) is 0 Å². The summed E-state index contributed by atoms with van der Waals surface area (Å²) in [5.74, 6) is 0.161. The fraction of sp³-hybridized carbons (Fsp3) is 0.568. The van der Waals surface area contributed by atoms with Gasteiger partial charge in [0.05, 0.1) is 6.54 Å². The minimum Gasteiger partial charge on any atom is -0.872 e. The monoisotopic (exact) mass is 866 g/mol. The van der Waals surface area contributed by atoms with Crippen molar-refractivity contribution in [1.82, 2.24) is 0 Å². The summed E-state index contributed by atoms with van der Waals surface area (Å²) in [5, 5.41) is 46.2. The molecular weight excluding hydrogens is 799 g/mol. The second kappa shape index (κ2) is 20.1. The predicted octanol–water partition coefficient (Wildman–Crippen LogP) is 7.66. The van der Waals surface area contributed by atoms with E-state index in [0.29, 0.717) is 25.2 Å². The van der Waals surface area contributed by atoms with Crippen LogP contribution in [0.4, 0.5) is 5.69 Å². The van der Waals surface area contributed by atoms with Crippen LogP contribution in [0, 0.1) is 0 Å². The van der Waals surface area contributed by atoms with Crippen LogP contribution in [0.5, 0.6) is 11.5 Å². The maximum atomic E-state index is 13.7. The van der Waals surface area contributed by atoms with Gasteiger partial charge in [-0.25, -0.2) is 0 Å². The van der Waals surface area contributed by atoms with Crippen molar-refractivity contribution in [3.8, 4) is 11.5 Å². The number of para-hydroxylation sites is 1.